The van der Waals surface area contributed by atoms with E-state index in [2.05, 4.69) is 36.7 Å². The van der Waals surface area contributed by atoms with Crippen molar-refractivity contribution in [2.75, 3.05) is 18.4 Å². The first-order valence-corrected chi connectivity index (χ1v) is 18.0. The number of aromatic nitrogens is 1. The predicted octanol–water partition coefficient (Wildman–Crippen LogP) is 4.19. The summed E-state index contributed by atoms with van der Waals surface area (Å²) in [6.07, 6.45) is 5.72. The highest BCUT2D eigenvalue weighted by Crippen LogP contribution is 2.45. The number of carbonyl (C=O) groups is 5. The van der Waals surface area contributed by atoms with Crippen LogP contribution in [0.15, 0.2) is 12.2 Å². The van der Waals surface area contributed by atoms with Crippen molar-refractivity contribution < 1.29 is 38.6 Å². The summed E-state index contributed by atoms with van der Waals surface area (Å²) in [6.45, 7) is 12.0. The third-order valence-corrected chi connectivity index (χ3v) is 10.0. The third-order valence-electron chi connectivity index (χ3n) is 9.05. The molecule has 0 bridgehead atoms. The van der Waals surface area contributed by atoms with E-state index >= 15 is 0 Å². The van der Waals surface area contributed by atoms with E-state index in [0.717, 1.165) is 35.0 Å². The molecule has 270 valence electrons. The van der Waals surface area contributed by atoms with Gasteiger partial charge in [0.25, 0.3) is 0 Å². The summed E-state index contributed by atoms with van der Waals surface area (Å²) >= 11 is 1.50. The van der Waals surface area contributed by atoms with Gasteiger partial charge < -0.3 is 40.3 Å². The van der Waals surface area contributed by atoms with Gasteiger partial charge in [0, 0.05) is 35.7 Å². The molecule has 4 amide bonds. The lowest BCUT2D eigenvalue weighted by molar-refractivity contribution is -0.145. The van der Waals surface area contributed by atoms with Gasteiger partial charge in [-0.05, 0) is 67.2 Å². The standard InChI is InChI=1S/C34H50N6O8S/c1-32(2,3)38-29-35-22-14-15-39(19-25(22)49-29)31(46)47-21-16-24-26(41)37-34(28(43)44)17-20(34)12-10-8-7-9-11-13-23(27(42)40(24)18-21)36-30(45)48-33(4,5)6/h10,12,20-21,23-24H,7-9,11,13-19H2,1-6H3,(H,35,38)(H,36,45)(H,37,41)(H,43,44)/b12-10-/t20-,21+,23-,24-,34+/m0/s1. The minimum Gasteiger partial charge on any atom is -0.479 e. The minimum absolute atomic E-state index is 0.0159. The van der Waals surface area contributed by atoms with Crippen molar-refractivity contribution in [2.24, 2.45) is 5.92 Å². The fraction of sp³-hybridized carbons (Fsp3) is 0.706. The zero-order valence-corrected chi connectivity index (χ0v) is 30.1. The topological polar surface area (TPSA) is 179 Å². The number of anilines is 1. The molecule has 1 aromatic rings. The average molecular weight is 703 g/mol. The first-order chi connectivity index (χ1) is 22.9. The first-order valence-electron chi connectivity index (χ1n) is 17.2. The second kappa shape index (κ2) is 14.2. The van der Waals surface area contributed by atoms with Gasteiger partial charge in [-0.1, -0.05) is 36.3 Å². The monoisotopic (exact) mass is 702 g/mol. The number of carbonyl (C=O) groups excluding carboxylic acids is 4. The highest BCUT2D eigenvalue weighted by Gasteiger charge is 2.61. The summed E-state index contributed by atoms with van der Waals surface area (Å²) < 4.78 is 11.4. The third kappa shape index (κ3) is 9.03. The number of carboxylic acid groups (broad SMARTS) is 1. The number of aliphatic carboxylic acids is 1. The molecule has 5 atom stereocenters. The quantitative estimate of drug-likeness (QED) is 0.333. The van der Waals surface area contributed by atoms with Gasteiger partial charge in [0.15, 0.2) is 5.13 Å². The molecule has 0 radical (unpaired) electrons. The maximum absolute atomic E-state index is 14.2. The molecule has 15 heteroatoms. The molecule has 4 N–H and O–H groups in total. The van der Waals surface area contributed by atoms with E-state index in [0.29, 0.717) is 32.4 Å². The fourth-order valence-corrected chi connectivity index (χ4v) is 7.77. The number of fused-ring (bicyclic) bond motifs is 3. The molecule has 4 heterocycles. The SMILES string of the molecule is CC(C)(C)Nc1nc2c(s1)CN(C(=O)O[C@@H]1C[C@H]3C(=O)N[C@]4(C(=O)O)C[C@@H]4/C=C\CCCCC[C@H](NC(=O)OC(C)(C)C)C(=O)N3C1)CC2. The molecule has 1 saturated heterocycles. The van der Waals surface area contributed by atoms with Crippen LogP contribution in [0.25, 0.3) is 0 Å². The molecule has 0 unspecified atom stereocenters. The summed E-state index contributed by atoms with van der Waals surface area (Å²) in [6, 6.07) is -2.11. The zero-order valence-electron chi connectivity index (χ0n) is 29.3. The van der Waals surface area contributed by atoms with E-state index in [-0.39, 0.29) is 30.8 Å². The van der Waals surface area contributed by atoms with Gasteiger partial charge in [-0.3, -0.25) is 9.59 Å². The van der Waals surface area contributed by atoms with Gasteiger partial charge in [0.1, 0.15) is 29.3 Å². The number of thiazole rings is 1. The Hall–Kier alpha value is -3.88. The smallest absolute Gasteiger partial charge is 0.410 e. The number of allylic oxidation sites excluding steroid dienone is 1. The van der Waals surface area contributed by atoms with E-state index in [4.69, 9.17) is 14.5 Å². The van der Waals surface area contributed by atoms with Gasteiger partial charge in [0.2, 0.25) is 11.8 Å². The molecule has 4 aliphatic rings. The second-order valence-electron chi connectivity index (χ2n) is 15.5. The Balaban J connectivity index is 1.34. The Kier molecular flexibility index (Phi) is 10.5. The van der Waals surface area contributed by atoms with Gasteiger partial charge in [-0.2, -0.15) is 0 Å². The number of nitrogens with one attached hydrogen (secondary N) is 3. The average Bonchev–Trinajstić information content (AvgIpc) is 3.30. The van der Waals surface area contributed by atoms with Crippen molar-refractivity contribution in [3.8, 4) is 0 Å². The van der Waals surface area contributed by atoms with Crippen LogP contribution in [0.2, 0.25) is 0 Å². The van der Waals surface area contributed by atoms with Crippen molar-refractivity contribution in [3.05, 3.63) is 22.7 Å². The van der Waals surface area contributed by atoms with Crippen LogP contribution < -0.4 is 16.0 Å². The van der Waals surface area contributed by atoms with E-state index in [9.17, 15) is 29.1 Å². The second-order valence-corrected chi connectivity index (χ2v) is 16.6. The molecule has 49 heavy (non-hydrogen) atoms. The predicted molar refractivity (Wildman–Crippen MR) is 182 cm³/mol. The van der Waals surface area contributed by atoms with E-state index in [1.54, 1.807) is 25.7 Å². The van der Waals surface area contributed by atoms with Crippen LogP contribution >= 0.6 is 11.3 Å². The molecule has 1 aliphatic carbocycles. The molecule has 1 aromatic heterocycles. The Labute approximate surface area is 291 Å². The van der Waals surface area contributed by atoms with Crippen LogP contribution in [0.4, 0.5) is 14.7 Å². The Morgan fingerprint density at radius 2 is 1.88 bits per heavy atom. The molecular weight excluding hydrogens is 652 g/mol. The fourth-order valence-electron chi connectivity index (χ4n) is 6.54. The Bertz CT molecular complexity index is 1480. The Morgan fingerprint density at radius 3 is 2.57 bits per heavy atom. The van der Waals surface area contributed by atoms with Gasteiger partial charge >= 0.3 is 18.2 Å². The molecule has 1 saturated carbocycles. The molecule has 0 aromatic carbocycles. The molecular formula is C34H50N6O8S. The normalized spacial score (nSPS) is 28.4. The summed E-state index contributed by atoms with van der Waals surface area (Å²) in [5, 5.41) is 19.7. The minimum atomic E-state index is -1.47. The van der Waals surface area contributed by atoms with Crippen molar-refractivity contribution >= 4 is 46.4 Å². The van der Waals surface area contributed by atoms with Crippen molar-refractivity contribution in [1.82, 2.24) is 25.4 Å². The van der Waals surface area contributed by atoms with Crippen LogP contribution in [-0.2, 0) is 36.8 Å². The van der Waals surface area contributed by atoms with Gasteiger partial charge in [-0.25, -0.2) is 19.4 Å². The first kappa shape index (κ1) is 36.4. The van der Waals surface area contributed by atoms with E-state index < -0.39 is 59.3 Å². The lowest BCUT2D eigenvalue weighted by atomic mass is 10.0. The highest BCUT2D eigenvalue weighted by molar-refractivity contribution is 7.15. The lowest BCUT2D eigenvalue weighted by Gasteiger charge is -2.30. The van der Waals surface area contributed by atoms with Crippen LogP contribution in [-0.4, -0.2) is 97.8 Å². The summed E-state index contributed by atoms with van der Waals surface area (Å²) in [4.78, 5) is 75.2. The summed E-state index contributed by atoms with van der Waals surface area (Å²) in [7, 11) is 0. The molecule has 0 spiro atoms. The Morgan fingerprint density at radius 1 is 1.12 bits per heavy atom. The van der Waals surface area contributed by atoms with Crippen LogP contribution in [0.1, 0.15) is 97.1 Å². The largest absolute Gasteiger partial charge is 0.479 e. The lowest BCUT2D eigenvalue weighted by Crippen LogP contribution is -2.56. The highest BCUT2D eigenvalue weighted by atomic mass is 32.1. The number of ether oxygens (including phenoxy) is 2. The molecule has 14 nitrogen and oxygen atoms in total. The van der Waals surface area contributed by atoms with Gasteiger partial charge in [-0.15, -0.1) is 0 Å². The molecule has 2 fully saturated rings. The number of carboxylic acids is 1. The summed E-state index contributed by atoms with van der Waals surface area (Å²) in [5.74, 6) is -2.66. The summed E-state index contributed by atoms with van der Waals surface area (Å²) in [5.41, 5.74) is -1.48. The van der Waals surface area contributed by atoms with Crippen LogP contribution in [0, 0.1) is 5.92 Å². The maximum atomic E-state index is 14.2. The number of alkyl carbamates (subject to hydrolysis) is 1. The number of hydrogen-bond donors (Lipinski definition) is 4. The number of rotatable bonds is 4. The molecule has 3 aliphatic heterocycles. The maximum Gasteiger partial charge on any atom is 0.410 e. The van der Waals surface area contributed by atoms with E-state index in [1.807, 2.05) is 12.2 Å². The van der Waals surface area contributed by atoms with E-state index in [1.165, 1.54) is 16.2 Å². The molecule has 5 rings (SSSR count). The van der Waals surface area contributed by atoms with Crippen molar-refractivity contribution in [1.29, 1.82) is 0 Å². The van der Waals surface area contributed by atoms with Crippen LogP contribution in [0.3, 0.4) is 0 Å². The van der Waals surface area contributed by atoms with Gasteiger partial charge in [0.05, 0.1) is 18.8 Å². The number of nitrogens with zero attached hydrogens (tertiary/aromatic N) is 3. The number of amides is 4. The number of hydrogen-bond acceptors (Lipinski definition) is 10. The zero-order chi connectivity index (χ0) is 35.7. The van der Waals surface area contributed by atoms with Crippen LogP contribution in [0.5, 0.6) is 0 Å². The van der Waals surface area contributed by atoms with Crippen molar-refractivity contribution in [3.63, 3.8) is 0 Å². The van der Waals surface area contributed by atoms with Crippen molar-refractivity contribution in [2.45, 2.75) is 134 Å².